The van der Waals surface area contributed by atoms with Gasteiger partial charge in [-0.15, -0.1) is 24.5 Å². The van der Waals surface area contributed by atoms with Gasteiger partial charge < -0.3 is 25.6 Å². The molecule has 0 saturated carbocycles. The molecule has 0 unspecified atom stereocenters. The van der Waals surface area contributed by atoms with Gasteiger partial charge in [-0.3, -0.25) is 9.59 Å². The SMILES string of the molecule is CCC[C@@H](c1ccc(C(=O)NCCC(O)O)cc1)[C@H](C(=O)Nc1ccc(-c2cnc(C)s2)cc1)c1ccc(OC(F)(F)F)cc1. The van der Waals surface area contributed by atoms with Crippen LogP contribution >= 0.6 is 11.3 Å². The van der Waals surface area contributed by atoms with Crippen LogP contribution in [-0.4, -0.2) is 46.2 Å². The number of hydrogen-bond donors (Lipinski definition) is 4. The number of amides is 2. The molecule has 12 heteroatoms. The molecule has 1 aromatic heterocycles. The van der Waals surface area contributed by atoms with Crippen molar-refractivity contribution < 1.29 is 37.7 Å². The van der Waals surface area contributed by atoms with Crippen molar-refractivity contribution in [3.05, 3.63) is 101 Å². The van der Waals surface area contributed by atoms with Crippen LogP contribution in [0.2, 0.25) is 0 Å². The number of nitrogens with one attached hydrogen (secondary N) is 2. The summed E-state index contributed by atoms with van der Waals surface area (Å²) < 4.78 is 42.5. The molecule has 4 rings (SSSR count). The van der Waals surface area contributed by atoms with Crippen LogP contribution in [0, 0.1) is 6.92 Å². The fraction of sp³-hybridized carbons (Fsp3) is 0.303. The molecule has 0 bridgehead atoms. The third-order valence-corrected chi connectivity index (χ3v) is 8.07. The van der Waals surface area contributed by atoms with E-state index in [0.29, 0.717) is 29.7 Å². The molecule has 0 radical (unpaired) electrons. The molecule has 0 fully saturated rings. The fourth-order valence-corrected chi connectivity index (χ4v) is 5.79. The van der Waals surface area contributed by atoms with Crippen LogP contribution in [0.3, 0.4) is 0 Å². The Morgan fingerprint density at radius 2 is 1.58 bits per heavy atom. The van der Waals surface area contributed by atoms with Crippen LogP contribution < -0.4 is 15.4 Å². The summed E-state index contributed by atoms with van der Waals surface area (Å²) in [5, 5.41) is 24.5. The Morgan fingerprint density at radius 1 is 0.933 bits per heavy atom. The topological polar surface area (TPSA) is 121 Å². The van der Waals surface area contributed by atoms with Gasteiger partial charge in [0.05, 0.1) is 15.8 Å². The Bertz CT molecular complexity index is 1560. The molecule has 2 amide bonds. The number of thiazole rings is 1. The maximum atomic E-state index is 14.0. The summed E-state index contributed by atoms with van der Waals surface area (Å²) in [5.41, 5.74) is 3.14. The number of benzene rings is 3. The smallest absolute Gasteiger partial charge is 0.406 e. The monoisotopic (exact) mass is 641 g/mol. The van der Waals surface area contributed by atoms with Gasteiger partial charge in [-0.05, 0) is 72.4 Å². The predicted molar refractivity (Wildman–Crippen MR) is 166 cm³/mol. The van der Waals surface area contributed by atoms with Crippen molar-refractivity contribution in [3.63, 3.8) is 0 Å². The number of aromatic nitrogens is 1. The summed E-state index contributed by atoms with van der Waals surface area (Å²) in [6, 6.07) is 19.4. The van der Waals surface area contributed by atoms with Crippen molar-refractivity contribution in [1.29, 1.82) is 0 Å². The summed E-state index contributed by atoms with van der Waals surface area (Å²) in [4.78, 5) is 31.8. The Labute approximate surface area is 262 Å². The lowest BCUT2D eigenvalue weighted by Crippen LogP contribution is -2.28. The Kier molecular flexibility index (Phi) is 11.3. The largest absolute Gasteiger partial charge is 0.573 e. The molecular weight excluding hydrogens is 607 g/mol. The second-order valence-corrected chi connectivity index (χ2v) is 11.7. The van der Waals surface area contributed by atoms with E-state index in [1.165, 1.54) is 24.3 Å². The van der Waals surface area contributed by atoms with Gasteiger partial charge in [-0.25, -0.2) is 4.98 Å². The molecule has 4 aromatic rings. The van der Waals surface area contributed by atoms with E-state index in [1.54, 1.807) is 53.9 Å². The van der Waals surface area contributed by atoms with Gasteiger partial charge in [0.25, 0.3) is 5.91 Å². The van der Waals surface area contributed by atoms with E-state index in [1.807, 2.05) is 26.0 Å². The van der Waals surface area contributed by atoms with E-state index in [4.69, 9.17) is 10.2 Å². The molecule has 0 saturated heterocycles. The van der Waals surface area contributed by atoms with E-state index in [2.05, 4.69) is 20.4 Å². The van der Waals surface area contributed by atoms with Crippen LogP contribution in [0.15, 0.2) is 79.0 Å². The van der Waals surface area contributed by atoms with Crippen molar-refractivity contribution in [2.24, 2.45) is 0 Å². The number of ether oxygens (including phenoxy) is 1. The van der Waals surface area contributed by atoms with E-state index in [0.717, 1.165) is 21.0 Å². The van der Waals surface area contributed by atoms with Crippen molar-refractivity contribution >= 4 is 28.8 Å². The van der Waals surface area contributed by atoms with E-state index in [9.17, 15) is 22.8 Å². The van der Waals surface area contributed by atoms with Crippen LogP contribution in [0.4, 0.5) is 18.9 Å². The predicted octanol–water partition coefficient (Wildman–Crippen LogP) is 6.75. The first-order chi connectivity index (χ1) is 21.4. The van der Waals surface area contributed by atoms with Gasteiger partial charge >= 0.3 is 6.36 Å². The van der Waals surface area contributed by atoms with Crippen LogP contribution in [0.1, 0.15) is 64.5 Å². The lowest BCUT2D eigenvalue weighted by atomic mass is 9.78. The molecule has 2 atom stereocenters. The number of aliphatic hydroxyl groups is 2. The molecule has 0 spiro atoms. The molecule has 0 aliphatic rings. The maximum Gasteiger partial charge on any atom is 0.573 e. The van der Waals surface area contributed by atoms with E-state index < -0.39 is 24.3 Å². The average Bonchev–Trinajstić information content (AvgIpc) is 3.43. The molecule has 4 N–H and O–H groups in total. The lowest BCUT2D eigenvalue weighted by Gasteiger charge is -2.28. The zero-order valence-corrected chi connectivity index (χ0v) is 25.5. The Morgan fingerprint density at radius 3 is 2.13 bits per heavy atom. The van der Waals surface area contributed by atoms with Gasteiger partial charge in [-0.1, -0.05) is 49.7 Å². The van der Waals surface area contributed by atoms with E-state index >= 15 is 0 Å². The molecule has 3 aromatic carbocycles. The van der Waals surface area contributed by atoms with Crippen molar-refractivity contribution in [1.82, 2.24) is 10.3 Å². The third kappa shape index (κ3) is 9.61. The normalized spacial score (nSPS) is 12.9. The zero-order chi connectivity index (χ0) is 32.6. The number of anilines is 1. The number of nitrogens with zero attached hydrogens (tertiary/aromatic N) is 1. The molecule has 45 heavy (non-hydrogen) atoms. The van der Waals surface area contributed by atoms with Crippen molar-refractivity contribution in [2.45, 2.75) is 57.6 Å². The Hall–Kier alpha value is -4.26. The number of carbonyl (C=O) groups excluding carboxylic acids is 2. The van der Waals surface area contributed by atoms with Crippen molar-refractivity contribution in [2.75, 3.05) is 11.9 Å². The molecular formula is C33H34F3N3O5S. The van der Waals surface area contributed by atoms with Gasteiger partial charge in [-0.2, -0.15) is 0 Å². The van der Waals surface area contributed by atoms with Crippen LogP contribution in [0.5, 0.6) is 5.75 Å². The minimum atomic E-state index is -4.85. The summed E-state index contributed by atoms with van der Waals surface area (Å²) in [7, 11) is 0. The summed E-state index contributed by atoms with van der Waals surface area (Å²) >= 11 is 1.56. The highest BCUT2D eigenvalue weighted by Gasteiger charge is 2.33. The summed E-state index contributed by atoms with van der Waals surface area (Å²) in [5.74, 6) is -2.30. The number of carbonyl (C=O) groups is 2. The second-order valence-electron chi connectivity index (χ2n) is 10.4. The van der Waals surface area contributed by atoms with Crippen LogP contribution in [-0.2, 0) is 4.79 Å². The second kappa shape index (κ2) is 15.2. The number of aliphatic hydroxyl groups excluding tert-OH is 1. The third-order valence-electron chi connectivity index (χ3n) is 7.10. The zero-order valence-electron chi connectivity index (χ0n) is 24.7. The number of rotatable bonds is 13. The highest BCUT2D eigenvalue weighted by Crippen LogP contribution is 2.39. The first kappa shape index (κ1) is 33.6. The lowest BCUT2D eigenvalue weighted by molar-refractivity contribution is -0.274. The summed E-state index contributed by atoms with van der Waals surface area (Å²) in [6.45, 7) is 3.97. The highest BCUT2D eigenvalue weighted by molar-refractivity contribution is 7.15. The standard InChI is InChI=1S/C33H34F3N3O5S/c1-3-4-27(21-5-7-24(8-6-21)31(42)37-18-17-29(40)41)30(23-11-15-26(16-12-23)44-33(34,35)36)32(43)39-25-13-9-22(10-14-25)28-19-38-20(2)45-28/h5-16,19,27,29-30,40-41H,3-4,17-18H2,1-2H3,(H,37,42)(H,39,43)/t27-,30+/m0/s1. The highest BCUT2D eigenvalue weighted by atomic mass is 32.1. The molecule has 238 valence electrons. The quantitative estimate of drug-likeness (QED) is 0.120. The number of aryl methyl sites for hydroxylation is 1. The number of alkyl halides is 3. The van der Waals surface area contributed by atoms with Gasteiger partial charge in [0, 0.05) is 30.4 Å². The minimum absolute atomic E-state index is 0.0143. The molecule has 1 heterocycles. The number of halogens is 3. The maximum absolute atomic E-state index is 14.0. The average molecular weight is 642 g/mol. The number of hydrogen-bond acceptors (Lipinski definition) is 7. The fourth-order valence-electron chi connectivity index (χ4n) is 5.01. The molecule has 0 aliphatic heterocycles. The first-order valence-electron chi connectivity index (χ1n) is 14.4. The molecule has 0 aliphatic carbocycles. The van der Waals surface area contributed by atoms with Gasteiger partial charge in [0.1, 0.15) is 5.75 Å². The van der Waals surface area contributed by atoms with Crippen molar-refractivity contribution in [3.8, 4) is 16.2 Å². The van der Waals surface area contributed by atoms with Gasteiger partial charge in [0.2, 0.25) is 5.91 Å². The first-order valence-corrected chi connectivity index (χ1v) is 15.2. The van der Waals surface area contributed by atoms with Gasteiger partial charge in [0.15, 0.2) is 6.29 Å². The summed E-state index contributed by atoms with van der Waals surface area (Å²) in [6.07, 6.45) is -3.32. The minimum Gasteiger partial charge on any atom is -0.406 e. The molecule has 8 nitrogen and oxygen atoms in total. The van der Waals surface area contributed by atoms with E-state index in [-0.39, 0.29) is 30.7 Å². The van der Waals surface area contributed by atoms with Crippen LogP contribution in [0.25, 0.3) is 10.4 Å². The Balaban J connectivity index is 1.62.